The Bertz CT molecular complexity index is 498. The molecule has 1 aromatic carbocycles. The zero-order valence-electron chi connectivity index (χ0n) is 8.61. The van der Waals surface area contributed by atoms with Crippen LogP contribution in [-0.2, 0) is 6.61 Å². The zero-order valence-corrected chi connectivity index (χ0v) is 10.2. The van der Waals surface area contributed by atoms with E-state index in [1.54, 1.807) is 11.4 Å². The van der Waals surface area contributed by atoms with Crippen molar-refractivity contribution >= 4 is 23.1 Å². The van der Waals surface area contributed by atoms with E-state index in [-0.39, 0.29) is 12.4 Å². The van der Waals surface area contributed by atoms with Gasteiger partial charge >= 0.3 is 0 Å². The van der Waals surface area contributed by atoms with Gasteiger partial charge in [-0.3, -0.25) is 0 Å². The van der Waals surface area contributed by atoms with Crippen LogP contribution in [0.4, 0.5) is 4.39 Å². The second-order valence-electron chi connectivity index (χ2n) is 3.12. The number of aromatic nitrogens is 1. The Morgan fingerprint density at radius 3 is 2.94 bits per heavy atom. The number of benzene rings is 1. The van der Waals surface area contributed by atoms with Crippen molar-refractivity contribution in [1.82, 2.24) is 4.98 Å². The molecule has 0 aliphatic carbocycles. The molecule has 0 bridgehead atoms. The first-order valence-electron chi connectivity index (χ1n) is 4.64. The Balaban J connectivity index is 2.53. The lowest BCUT2D eigenvalue weighted by atomic mass is 10.2. The van der Waals surface area contributed by atoms with Gasteiger partial charge in [-0.15, -0.1) is 23.1 Å². The van der Waals surface area contributed by atoms with Gasteiger partial charge in [0.05, 0.1) is 17.9 Å². The summed E-state index contributed by atoms with van der Waals surface area (Å²) in [6.07, 6.45) is 1.90. The number of hydrogen-bond acceptors (Lipinski definition) is 4. The van der Waals surface area contributed by atoms with Crippen LogP contribution >= 0.6 is 23.1 Å². The molecular weight excluding hydrogens is 245 g/mol. The molecule has 2 rings (SSSR count). The third kappa shape index (κ3) is 2.11. The Morgan fingerprint density at radius 2 is 2.31 bits per heavy atom. The average molecular weight is 255 g/mol. The Kier molecular flexibility index (Phi) is 3.58. The second kappa shape index (κ2) is 4.95. The fourth-order valence-corrected chi connectivity index (χ4v) is 2.92. The van der Waals surface area contributed by atoms with Crippen LogP contribution in [0.25, 0.3) is 10.6 Å². The van der Waals surface area contributed by atoms with E-state index in [2.05, 4.69) is 4.98 Å². The molecule has 5 heteroatoms. The molecule has 0 saturated carbocycles. The molecule has 1 N–H and O–H groups in total. The quantitative estimate of drug-likeness (QED) is 0.855. The van der Waals surface area contributed by atoms with Gasteiger partial charge in [0.25, 0.3) is 0 Å². The van der Waals surface area contributed by atoms with E-state index in [1.165, 1.54) is 29.2 Å². The molecule has 0 unspecified atom stereocenters. The van der Waals surface area contributed by atoms with Crippen molar-refractivity contribution in [1.29, 1.82) is 0 Å². The van der Waals surface area contributed by atoms with E-state index in [4.69, 9.17) is 5.11 Å². The number of aliphatic hydroxyl groups excluding tert-OH is 1. The maximum absolute atomic E-state index is 13.7. The smallest absolute Gasteiger partial charge is 0.134 e. The average Bonchev–Trinajstić information content (AvgIpc) is 2.76. The molecule has 0 spiro atoms. The molecule has 0 saturated heterocycles. The topological polar surface area (TPSA) is 33.1 Å². The van der Waals surface area contributed by atoms with E-state index in [0.29, 0.717) is 16.3 Å². The summed E-state index contributed by atoms with van der Waals surface area (Å²) in [6.45, 7) is -0.112. The number of thioether (sulfide) groups is 1. The molecule has 2 aromatic rings. The molecular formula is C11H10FNOS2. The van der Waals surface area contributed by atoms with Crippen molar-refractivity contribution in [3.05, 3.63) is 35.1 Å². The molecule has 1 aromatic heterocycles. The number of aliphatic hydroxyl groups is 1. The normalized spacial score (nSPS) is 10.7. The molecule has 0 amide bonds. The van der Waals surface area contributed by atoms with E-state index in [0.717, 1.165) is 4.90 Å². The van der Waals surface area contributed by atoms with Gasteiger partial charge in [0.1, 0.15) is 10.8 Å². The lowest BCUT2D eigenvalue weighted by molar-refractivity contribution is 0.278. The first-order valence-corrected chi connectivity index (χ1v) is 6.75. The summed E-state index contributed by atoms with van der Waals surface area (Å²) < 4.78 is 13.7. The maximum Gasteiger partial charge on any atom is 0.134 e. The number of nitrogens with zero attached hydrogens (tertiary/aromatic N) is 1. The van der Waals surface area contributed by atoms with Gasteiger partial charge in [-0.05, 0) is 18.4 Å². The summed E-state index contributed by atoms with van der Waals surface area (Å²) in [5, 5.41) is 11.3. The number of halogens is 1. The van der Waals surface area contributed by atoms with Crippen LogP contribution in [0, 0.1) is 5.82 Å². The number of rotatable bonds is 3. The lowest BCUT2D eigenvalue weighted by Gasteiger charge is -2.04. The minimum absolute atomic E-state index is 0.112. The van der Waals surface area contributed by atoms with Gasteiger partial charge in [0.15, 0.2) is 0 Å². The van der Waals surface area contributed by atoms with Crippen molar-refractivity contribution < 1.29 is 9.50 Å². The highest BCUT2D eigenvalue weighted by molar-refractivity contribution is 7.98. The van der Waals surface area contributed by atoms with Crippen molar-refractivity contribution in [2.75, 3.05) is 6.26 Å². The van der Waals surface area contributed by atoms with Gasteiger partial charge in [-0.1, -0.05) is 6.07 Å². The molecule has 0 atom stereocenters. The zero-order chi connectivity index (χ0) is 11.5. The van der Waals surface area contributed by atoms with Crippen LogP contribution in [0.5, 0.6) is 0 Å². The number of thiazole rings is 1. The van der Waals surface area contributed by atoms with Gasteiger partial charge in [-0.2, -0.15) is 0 Å². The monoisotopic (exact) mass is 255 g/mol. The summed E-state index contributed by atoms with van der Waals surface area (Å²) in [5.74, 6) is -0.273. The number of hydrogen-bond donors (Lipinski definition) is 1. The summed E-state index contributed by atoms with van der Waals surface area (Å²) in [5.41, 5.74) is 1.11. The van der Waals surface area contributed by atoms with Gasteiger partial charge < -0.3 is 5.11 Å². The summed E-state index contributed by atoms with van der Waals surface area (Å²) >= 11 is 2.83. The van der Waals surface area contributed by atoms with Crippen LogP contribution in [0.2, 0.25) is 0 Å². The fraction of sp³-hybridized carbons (Fsp3) is 0.182. The van der Waals surface area contributed by atoms with Crippen molar-refractivity contribution in [3.8, 4) is 10.6 Å². The Morgan fingerprint density at radius 1 is 1.50 bits per heavy atom. The highest BCUT2D eigenvalue weighted by Gasteiger charge is 2.13. The van der Waals surface area contributed by atoms with Crippen LogP contribution in [0.1, 0.15) is 5.69 Å². The molecule has 2 nitrogen and oxygen atoms in total. The maximum atomic E-state index is 13.7. The van der Waals surface area contributed by atoms with E-state index in [9.17, 15) is 4.39 Å². The van der Waals surface area contributed by atoms with Crippen LogP contribution < -0.4 is 0 Å². The highest BCUT2D eigenvalue weighted by Crippen LogP contribution is 2.34. The Hall–Kier alpha value is -0.910. The molecule has 0 radical (unpaired) electrons. The summed E-state index contributed by atoms with van der Waals surface area (Å²) in [4.78, 5) is 5.04. The summed E-state index contributed by atoms with van der Waals surface area (Å²) in [7, 11) is 0. The second-order valence-corrected chi connectivity index (χ2v) is 4.83. The molecule has 16 heavy (non-hydrogen) atoms. The summed E-state index contributed by atoms with van der Waals surface area (Å²) in [6, 6.07) is 4.98. The Labute approximate surface area is 101 Å². The van der Waals surface area contributed by atoms with E-state index in [1.807, 2.05) is 12.3 Å². The van der Waals surface area contributed by atoms with Gasteiger partial charge in [0.2, 0.25) is 0 Å². The van der Waals surface area contributed by atoms with Crippen LogP contribution in [-0.4, -0.2) is 16.3 Å². The third-order valence-electron chi connectivity index (χ3n) is 2.12. The first kappa shape index (κ1) is 11.6. The molecule has 0 fully saturated rings. The van der Waals surface area contributed by atoms with Crippen LogP contribution in [0.3, 0.4) is 0 Å². The largest absolute Gasteiger partial charge is 0.390 e. The van der Waals surface area contributed by atoms with E-state index < -0.39 is 0 Å². The van der Waals surface area contributed by atoms with Crippen molar-refractivity contribution in [3.63, 3.8) is 0 Å². The van der Waals surface area contributed by atoms with Gasteiger partial charge in [0, 0.05) is 10.3 Å². The van der Waals surface area contributed by atoms with Crippen LogP contribution in [0.15, 0.2) is 28.5 Å². The minimum Gasteiger partial charge on any atom is -0.390 e. The molecule has 1 heterocycles. The predicted molar refractivity (Wildman–Crippen MR) is 65.2 cm³/mol. The SMILES string of the molecule is CSc1cccc(F)c1-c1nc(CO)cs1. The van der Waals surface area contributed by atoms with Gasteiger partial charge in [-0.25, -0.2) is 9.37 Å². The first-order chi connectivity index (χ1) is 7.76. The predicted octanol–water partition coefficient (Wildman–Crippen LogP) is 3.16. The standard InChI is InChI=1S/C11H10FNOS2/c1-15-9-4-2-3-8(12)10(9)11-13-7(5-14)6-16-11/h2-4,6,14H,5H2,1H3. The lowest BCUT2D eigenvalue weighted by Crippen LogP contribution is -1.88. The molecule has 0 aliphatic heterocycles. The van der Waals surface area contributed by atoms with E-state index >= 15 is 0 Å². The highest BCUT2D eigenvalue weighted by atomic mass is 32.2. The van der Waals surface area contributed by atoms with Crippen molar-refractivity contribution in [2.45, 2.75) is 11.5 Å². The minimum atomic E-state index is -0.273. The molecule has 0 aliphatic rings. The molecule has 84 valence electrons. The fourth-order valence-electron chi connectivity index (χ4n) is 1.38. The van der Waals surface area contributed by atoms with Crippen molar-refractivity contribution in [2.24, 2.45) is 0 Å². The third-order valence-corrected chi connectivity index (χ3v) is 3.81.